The third kappa shape index (κ3) is 4.10. The van der Waals surface area contributed by atoms with Crippen LogP contribution in [0.2, 0.25) is 0 Å². The van der Waals surface area contributed by atoms with Crippen LogP contribution in [0.15, 0.2) is 32.0 Å². The fraction of sp³-hybridized carbons (Fsp3) is 0.333. The van der Waals surface area contributed by atoms with Gasteiger partial charge in [0, 0.05) is 20.3 Å². The van der Waals surface area contributed by atoms with Crippen LogP contribution >= 0.6 is 47.8 Å². The molecule has 90 valence electrons. The van der Waals surface area contributed by atoms with Gasteiger partial charge >= 0.3 is 0 Å². The number of hydrogen-bond acceptors (Lipinski definition) is 2. The molecular weight excluding hydrogens is 426 g/mol. The second-order valence-corrected chi connectivity index (χ2v) is 8.28. The summed E-state index contributed by atoms with van der Waals surface area (Å²) in [6.07, 6.45) is 0. The van der Waals surface area contributed by atoms with E-state index in [0.29, 0.717) is 11.0 Å². The van der Waals surface area contributed by atoms with Crippen molar-refractivity contribution in [2.75, 3.05) is 6.54 Å². The van der Waals surface area contributed by atoms with Crippen molar-refractivity contribution >= 4 is 57.8 Å². The lowest BCUT2D eigenvalue weighted by atomic mass is 10.4. The highest BCUT2D eigenvalue weighted by Gasteiger charge is 2.18. The summed E-state index contributed by atoms with van der Waals surface area (Å²) in [5.74, 6) is 0. The van der Waals surface area contributed by atoms with E-state index in [1.165, 1.54) is 0 Å². The lowest BCUT2D eigenvalue weighted by Crippen LogP contribution is -2.28. The molecule has 0 aliphatic rings. The third-order valence-electron chi connectivity index (χ3n) is 1.74. The standard InChI is InChI=1S/C9H10Br3NO2S/c1-6(10)5-13-16(14,15)9-4-7(11)2-3-8(9)12/h2-4,6,13H,5H2,1H3. The maximum absolute atomic E-state index is 11.9. The molecule has 0 heterocycles. The summed E-state index contributed by atoms with van der Waals surface area (Å²) < 4.78 is 27.6. The summed E-state index contributed by atoms with van der Waals surface area (Å²) in [6.45, 7) is 2.22. The molecule has 1 N–H and O–H groups in total. The van der Waals surface area contributed by atoms with Crippen LogP contribution in [0.1, 0.15) is 6.92 Å². The van der Waals surface area contributed by atoms with Gasteiger partial charge in [-0.25, -0.2) is 13.1 Å². The zero-order chi connectivity index (χ0) is 12.3. The molecule has 0 bridgehead atoms. The fourth-order valence-corrected chi connectivity index (χ4v) is 3.99. The van der Waals surface area contributed by atoms with Crippen LogP contribution < -0.4 is 4.72 Å². The summed E-state index contributed by atoms with van der Waals surface area (Å²) in [5, 5.41) is 0. The lowest BCUT2D eigenvalue weighted by Gasteiger charge is -2.09. The zero-order valence-electron chi connectivity index (χ0n) is 8.38. The summed E-state index contributed by atoms with van der Waals surface area (Å²) in [5.41, 5.74) is 0. The summed E-state index contributed by atoms with van der Waals surface area (Å²) >= 11 is 9.75. The molecular formula is C9H10Br3NO2S. The molecule has 0 radical (unpaired) electrons. The van der Waals surface area contributed by atoms with Crippen molar-refractivity contribution in [2.45, 2.75) is 16.6 Å². The maximum atomic E-state index is 11.9. The molecule has 0 aromatic heterocycles. The molecule has 0 aliphatic carbocycles. The van der Waals surface area contributed by atoms with E-state index in [2.05, 4.69) is 52.5 Å². The van der Waals surface area contributed by atoms with Gasteiger partial charge in [-0.2, -0.15) is 0 Å². The highest BCUT2D eigenvalue weighted by Crippen LogP contribution is 2.25. The summed E-state index contributed by atoms with van der Waals surface area (Å²) in [4.78, 5) is 0.322. The second kappa shape index (κ2) is 5.95. The Morgan fingerprint density at radius 3 is 2.56 bits per heavy atom. The van der Waals surface area contributed by atoms with E-state index in [1.807, 2.05) is 6.92 Å². The van der Waals surface area contributed by atoms with Gasteiger partial charge < -0.3 is 0 Å². The van der Waals surface area contributed by atoms with Crippen molar-refractivity contribution in [1.29, 1.82) is 0 Å². The predicted molar refractivity (Wildman–Crippen MR) is 75.4 cm³/mol. The quantitative estimate of drug-likeness (QED) is 0.738. The molecule has 7 heteroatoms. The molecule has 0 fully saturated rings. The third-order valence-corrected chi connectivity index (χ3v) is 4.97. The minimum Gasteiger partial charge on any atom is -0.210 e. The van der Waals surface area contributed by atoms with E-state index in [4.69, 9.17) is 0 Å². The Kier molecular flexibility index (Phi) is 5.44. The molecule has 16 heavy (non-hydrogen) atoms. The topological polar surface area (TPSA) is 46.2 Å². The van der Waals surface area contributed by atoms with E-state index in [-0.39, 0.29) is 9.72 Å². The fourth-order valence-electron chi connectivity index (χ4n) is 0.985. The van der Waals surface area contributed by atoms with Crippen molar-refractivity contribution in [3.8, 4) is 0 Å². The normalized spacial score (nSPS) is 13.8. The lowest BCUT2D eigenvalue weighted by molar-refractivity contribution is 0.581. The van der Waals surface area contributed by atoms with Crippen LogP contribution in [0.25, 0.3) is 0 Å². The van der Waals surface area contributed by atoms with E-state index in [0.717, 1.165) is 4.47 Å². The van der Waals surface area contributed by atoms with Gasteiger partial charge in [0.25, 0.3) is 0 Å². The first-order valence-corrected chi connectivity index (χ1v) is 8.40. The molecule has 0 aliphatic heterocycles. The summed E-state index contributed by atoms with van der Waals surface area (Å²) in [7, 11) is -3.47. The van der Waals surface area contributed by atoms with Crippen molar-refractivity contribution < 1.29 is 8.42 Å². The van der Waals surface area contributed by atoms with Crippen LogP contribution in [0, 0.1) is 0 Å². The Labute approximate surface area is 120 Å². The van der Waals surface area contributed by atoms with Crippen LogP contribution in [0.4, 0.5) is 0 Å². The molecule has 0 saturated carbocycles. The highest BCUT2D eigenvalue weighted by molar-refractivity contribution is 9.11. The predicted octanol–water partition coefficient (Wildman–Crippen LogP) is 3.27. The molecule has 1 rings (SSSR count). The number of hydrogen-bond donors (Lipinski definition) is 1. The largest absolute Gasteiger partial charge is 0.241 e. The van der Waals surface area contributed by atoms with Crippen molar-refractivity contribution in [2.24, 2.45) is 0 Å². The van der Waals surface area contributed by atoms with Gasteiger partial charge in [-0.05, 0) is 34.1 Å². The van der Waals surface area contributed by atoms with Gasteiger partial charge in [-0.15, -0.1) is 0 Å². The molecule has 0 amide bonds. The van der Waals surface area contributed by atoms with Gasteiger partial charge in [-0.3, -0.25) is 0 Å². The van der Waals surface area contributed by atoms with Crippen LogP contribution in [0.5, 0.6) is 0 Å². The van der Waals surface area contributed by atoms with Crippen LogP contribution in [-0.4, -0.2) is 19.8 Å². The molecule has 1 aromatic rings. The number of sulfonamides is 1. The molecule has 1 atom stereocenters. The van der Waals surface area contributed by atoms with Gasteiger partial charge in [0.05, 0.1) is 4.90 Å². The Bertz CT molecular complexity index is 474. The molecule has 3 nitrogen and oxygen atoms in total. The first-order chi connectivity index (χ1) is 7.33. The van der Waals surface area contributed by atoms with Crippen molar-refractivity contribution in [3.05, 3.63) is 27.1 Å². The van der Waals surface area contributed by atoms with E-state index in [1.54, 1.807) is 18.2 Å². The second-order valence-electron chi connectivity index (χ2n) is 3.21. The van der Waals surface area contributed by atoms with Gasteiger partial charge in [-0.1, -0.05) is 38.8 Å². The highest BCUT2D eigenvalue weighted by atomic mass is 79.9. The Balaban J connectivity index is 3.02. The average molecular weight is 436 g/mol. The van der Waals surface area contributed by atoms with Gasteiger partial charge in [0.2, 0.25) is 10.0 Å². The Morgan fingerprint density at radius 1 is 1.38 bits per heavy atom. The van der Waals surface area contributed by atoms with E-state index >= 15 is 0 Å². The zero-order valence-corrected chi connectivity index (χ0v) is 13.9. The van der Waals surface area contributed by atoms with Crippen LogP contribution in [0.3, 0.4) is 0 Å². The number of halogens is 3. The minimum atomic E-state index is -3.47. The smallest absolute Gasteiger partial charge is 0.210 e. The number of alkyl halides is 1. The molecule has 1 unspecified atom stereocenters. The minimum absolute atomic E-state index is 0.0909. The van der Waals surface area contributed by atoms with E-state index < -0.39 is 10.0 Å². The number of benzene rings is 1. The summed E-state index contributed by atoms with van der Waals surface area (Å²) in [6, 6.07) is 5.03. The van der Waals surface area contributed by atoms with E-state index in [9.17, 15) is 8.42 Å². The SMILES string of the molecule is CC(Br)CNS(=O)(=O)c1cc(Br)ccc1Br. The van der Waals surface area contributed by atoms with Crippen LogP contribution in [-0.2, 0) is 10.0 Å². The maximum Gasteiger partial charge on any atom is 0.241 e. The van der Waals surface area contributed by atoms with Crippen molar-refractivity contribution in [3.63, 3.8) is 0 Å². The Hall–Kier alpha value is 0.570. The number of nitrogens with one attached hydrogen (secondary N) is 1. The molecule has 0 spiro atoms. The molecule has 1 aromatic carbocycles. The van der Waals surface area contributed by atoms with Gasteiger partial charge in [0.15, 0.2) is 0 Å². The number of rotatable bonds is 4. The average Bonchev–Trinajstić information content (AvgIpc) is 2.19. The first-order valence-electron chi connectivity index (χ1n) is 4.41. The monoisotopic (exact) mass is 433 g/mol. The first kappa shape index (κ1) is 14.6. The molecule has 0 saturated heterocycles. The Morgan fingerprint density at radius 2 is 2.00 bits per heavy atom. The van der Waals surface area contributed by atoms with Crippen molar-refractivity contribution in [1.82, 2.24) is 4.72 Å². The van der Waals surface area contributed by atoms with Gasteiger partial charge in [0.1, 0.15) is 0 Å².